The topological polar surface area (TPSA) is 132 Å². The Kier molecular flexibility index (Phi) is 5.94. The van der Waals surface area contributed by atoms with Gasteiger partial charge in [0, 0.05) is 28.0 Å². The molecule has 3 aromatic carbocycles. The predicted octanol–water partition coefficient (Wildman–Crippen LogP) is 2.86. The largest absolute Gasteiger partial charge is 0.507 e. The van der Waals surface area contributed by atoms with Gasteiger partial charge >= 0.3 is 7.12 Å². The van der Waals surface area contributed by atoms with E-state index in [2.05, 4.69) is 0 Å². The second-order valence-electron chi connectivity index (χ2n) is 11.4. The summed E-state index contributed by atoms with van der Waals surface area (Å²) >= 11 is 0. The monoisotopic (exact) mass is 559 g/mol. The Hall–Kier alpha value is -4.60. The number of carbonyl (C=O) groups is 4. The van der Waals surface area contributed by atoms with Crippen molar-refractivity contribution in [2.75, 3.05) is 4.90 Å². The number of hydrogen-bond acceptors (Lipinski definition) is 7. The third kappa shape index (κ3) is 3.70. The van der Waals surface area contributed by atoms with Crippen LogP contribution in [0.2, 0.25) is 0 Å². The Morgan fingerprint density at radius 3 is 2.40 bits per heavy atom. The molecule has 1 saturated heterocycles. The fourth-order valence-corrected chi connectivity index (χ4v) is 7.35. The van der Waals surface area contributed by atoms with Crippen molar-refractivity contribution in [1.82, 2.24) is 0 Å². The molecule has 4 atom stereocenters. The Morgan fingerprint density at radius 2 is 1.64 bits per heavy atom. The number of rotatable bonds is 3. The average Bonchev–Trinajstić information content (AvgIpc) is 3.25. The van der Waals surface area contributed by atoms with E-state index in [4.69, 9.17) is 0 Å². The number of benzene rings is 3. The van der Waals surface area contributed by atoms with Gasteiger partial charge in [-0.2, -0.15) is 0 Å². The minimum absolute atomic E-state index is 0.0955. The summed E-state index contributed by atoms with van der Waals surface area (Å²) in [5, 5.41) is 31.3. The van der Waals surface area contributed by atoms with Gasteiger partial charge in [-0.25, -0.2) is 0 Å². The lowest BCUT2D eigenvalue weighted by Gasteiger charge is -2.42. The number of Topliss-reactive ketones (excluding diaryl/α,β-unsaturated/α-hetero) is 1. The summed E-state index contributed by atoms with van der Waals surface area (Å²) in [6.45, 7) is 1.63. The van der Waals surface area contributed by atoms with Crippen LogP contribution in [0.4, 0.5) is 5.69 Å². The summed E-state index contributed by atoms with van der Waals surface area (Å²) in [6.07, 6.45) is 3.75. The van der Waals surface area contributed by atoms with Crippen molar-refractivity contribution in [1.29, 1.82) is 0 Å². The number of aromatic hydroxyl groups is 1. The van der Waals surface area contributed by atoms with Crippen LogP contribution >= 0.6 is 0 Å². The number of ketones is 2. The number of allylic oxidation sites excluding steroid dienone is 6. The lowest BCUT2D eigenvalue weighted by Crippen LogP contribution is -2.40. The maximum Gasteiger partial charge on any atom is 0.488 e. The van der Waals surface area contributed by atoms with Crippen LogP contribution < -0.4 is 10.4 Å². The molecule has 3 aliphatic carbocycles. The summed E-state index contributed by atoms with van der Waals surface area (Å²) in [5.74, 6) is -3.72. The molecule has 3 N–H and O–H groups in total. The maximum atomic E-state index is 14.1. The van der Waals surface area contributed by atoms with Crippen LogP contribution in [0.3, 0.4) is 0 Å². The second-order valence-corrected chi connectivity index (χ2v) is 11.4. The first-order valence-corrected chi connectivity index (χ1v) is 13.9. The van der Waals surface area contributed by atoms with Gasteiger partial charge in [-0.1, -0.05) is 54.1 Å². The third-order valence-electron chi connectivity index (χ3n) is 9.24. The quantitative estimate of drug-likeness (QED) is 0.195. The number of imide groups is 1. The number of amides is 2. The standard InChI is InChI=1S/C33H26BNO7/c1-16-13-27(37)25-15-24-22(28(30(25)31(16)38)21-11-12-26(36)20-8-3-2-7-19(20)21)9-10-23-29(24)33(40)35(32(23)39)18-6-4-5-17(14-18)34(41)42/h2-9,11-14,23-24,28-29,36,41-42H,10,15H2,1H3. The van der Waals surface area contributed by atoms with Crippen molar-refractivity contribution in [2.45, 2.75) is 25.7 Å². The smallest absolute Gasteiger partial charge is 0.488 e. The summed E-state index contributed by atoms with van der Waals surface area (Å²) in [5.41, 5.74) is 3.09. The number of fused-ring (bicyclic) bond motifs is 4. The van der Waals surface area contributed by atoms with Crippen LogP contribution in [-0.4, -0.2) is 45.7 Å². The first kappa shape index (κ1) is 26.3. The summed E-state index contributed by atoms with van der Waals surface area (Å²) in [4.78, 5) is 56.0. The van der Waals surface area contributed by atoms with Gasteiger partial charge in [-0.15, -0.1) is 0 Å². The van der Waals surface area contributed by atoms with Crippen molar-refractivity contribution in [3.63, 3.8) is 0 Å². The Labute approximate surface area is 241 Å². The molecular weight excluding hydrogens is 533 g/mol. The number of anilines is 1. The number of phenolic OH excluding ortho intramolecular Hbond substituents is 1. The zero-order valence-electron chi connectivity index (χ0n) is 22.7. The van der Waals surface area contributed by atoms with E-state index in [1.807, 2.05) is 24.3 Å². The molecule has 2 amide bonds. The van der Waals surface area contributed by atoms with Gasteiger partial charge in [0.2, 0.25) is 11.8 Å². The molecular formula is C33H26BNO7. The summed E-state index contributed by atoms with van der Waals surface area (Å²) < 4.78 is 0. The molecule has 0 radical (unpaired) electrons. The summed E-state index contributed by atoms with van der Waals surface area (Å²) in [7, 11) is -1.76. The van der Waals surface area contributed by atoms with Crippen LogP contribution in [0, 0.1) is 17.8 Å². The van der Waals surface area contributed by atoms with Gasteiger partial charge in [0.1, 0.15) is 5.75 Å². The van der Waals surface area contributed by atoms with E-state index < -0.39 is 36.7 Å². The molecule has 8 nitrogen and oxygen atoms in total. The normalized spacial score (nSPS) is 25.3. The van der Waals surface area contributed by atoms with Gasteiger partial charge < -0.3 is 15.2 Å². The number of hydrogen-bond donors (Lipinski definition) is 3. The van der Waals surface area contributed by atoms with Crippen LogP contribution in [0.25, 0.3) is 10.8 Å². The fraction of sp³-hybridized carbons (Fsp3) is 0.212. The molecule has 208 valence electrons. The van der Waals surface area contributed by atoms with Crippen molar-refractivity contribution in [3.05, 3.63) is 101 Å². The minimum atomic E-state index is -1.76. The van der Waals surface area contributed by atoms with E-state index in [0.717, 1.165) is 21.4 Å². The van der Waals surface area contributed by atoms with Gasteiger partial charge in [-0.05, 0) is 66.4 Å². The molecule has 42 heavy (non-hydrogen) atoms. The van der Waals surface area contributed by atoms with Crippen molar-refractivity contribution in [3.8, 4) is 5.75 Å². The zero-order valence-corrected chi connectivity index (χ0v) is 22.7. The molecule has 1 heterocycles. The highest BCUT2D eigenvalue weighted by atomic mass is 16.4. The van der Waals surface area contributed by atoms with E-state index >= 15 is 0 Å². The Balaban J connectivity index is 1.39. The highest BCUT2D eigenvalue weighted by Gasteiger charge is 2.56. The maximum absolute atomic E-state index is 14.1. The van der Waals surface area contributed by atoms with Crippen LogP contribution in [-0.2, 0) is 19.2 Å². The SMILES string of the molecule is CC1=CC(=O)C2=C(C1=O)C(c1ccc(O)c3ccccc13)C1=CCC3C(=O)N(c4cccc(B(O)O)c4)C(=O)C3C1C2. The minimum Gasteiger partial charge on any atom is -0.507 e. The van der Waals surface area contributed by atoms with E-state index in [0.29, 0.717) is 22.1 Å². The van der Waals surface area contributed by atoms with Crippen LogP contribution in [0.5, 0.6) is 5.75 Å². The third-order valence-corrected chi connectivity index (χ3v) is 9.24. The lowest BCUT2D eigenvalue weighted by molar-refractivity contribution is -0.123. The number of nitrogens with zero attached hydrogens (tertiary/aromatic N) is 1. The molecule has 0 aromatic heterocycles. The molecule has 4 unspecified atom stereocenters. The average molecular weight is 559 g/mol. The molecule has 4 aliphatic rings. The number of phenols is 1. The molecule has 1 fully saturated rings. The molecule has 7 rings (SSSR count). The van der Waals surface area contributed by atoms with Crippen molar-refractivity contribution < 1.29 is 34.3 Å². The predicted molar refractivity (Wildman–Crippen MR) is 156 cm³/mol. The number of carbonyl (C=O) groups excluding carboxylic acids is 4. The first-order valence-electron chi connectivity index (χ1n) is 13.9. The Bertz CT molecular complexity index is 1850. The lowest BCUT2D eigenvalue weighted by atomic mass is 9.59. The van der Waals surface area contributed by atoms with Gasteiger partial charge in [0.15, 0.2) is 11.6 Å². The molecule has 0 bridgehead atoms. The van der Waals surface area contributed by atoms with Crippen LogP contribution in [0.15, 0.2) is 95.1 Å². The molecule has 3 aromatic rings. The van der Waals surface area contributed by atoms with Gasteiger partial charge in [0.25, 0.3) is 0 Å². The second kappa shape index (κ2) is 9.47. The highest BCUT2D eigenvalue weighted by Crippen LogP contribution is 2.56. The molecule has 1 aliphatic heterocycles. The van der Waals surface area contributed by atoms with E-state index in [9.17, 15) is 34.3 Å². The van der Waals surface area contributed by atoms with E-state index in [1.54, 1.807) is 37.3 Å². The van der Waals surface area contributed by atoms with Gasteiger partial charge in [-0.3, -0.25) is 24.1 Å². The first-order chi connectivity index (χ1) is 20.2. The fourth-order valence-electron chi connectivity index (χ4n) is 7.35. The van der Waals surface area contributed by atoms with E-state index in [-0.39, 0.29) is 47.2 Å². The zero-order chi connectivity index (χ0) is 29.4. The molecule has 0 spiro atoms. The van der Waals surface area contributed by atoms with Crippen molar-refractivity contribution >= 4 is 52.4 Å². The van der Waals surface area contributed by atoms with Gasteiger partial charge in [0.05, 0.1) is 17.5 Å². The highest BCUT2D eigenvalue weighted by molar-refractivity contribution is 6.58. The Morgan fingerprint density at radius 1 is 0.881 bits per heavy atom. The van der Waals surface area contributed by atoms with Crippen LogP contribution in [0.1, 0.15) is 31.2 Å². The van der Waals surface area contributed by atoms with Crippen molar-refractivity contribution in [2.24, 2.45) is 17.8 Å². The molecule has 0 saturated carbocycles. The molecule has 9 heteroatoms. The summed E-state index contributed by atoms with van der Waals surface area (Å²) in [6, 6.07) is 16.7. The van der Waals surface area contributed by atoms with E-state index in [1.165, 1.54) is 18.2 Å².